The Balaban J connectivity index is 3.34. The number of benzene rings is 1. The number of hydrogen-bond acceptors (Lipinski definition) is 3. The molecule has 1 atom stereocenters. The van der Waals surface area contributed by atoms with E-state index in [-0.39, 0.29) is 5.56 Å². The van der Waals surface area contributed by atoms with Crippen LogP contribution in [-0.2, 0) is 6.18 Å². The van der Waals surface area contributed by atoms with Crippen molar-refractivity contribution in [3.8, 4) is 0 Å². The lowest BCUT2D eigenvalue weighted by Gasteiger charge is -2.10. The monoisotopic (exact) mass is 235 g/mol. The molecule has 0 unspecified atom stereocenters. The molecule has 1 rings (SSSR count). The van der Waals surface area contributed by atoms with Crippen molar-refractivity contribution in [3.05, 3.63) is 39.4 Å². The third-order valence-corrected chi connectivity index (χ3v) is 2.00. The van der Waals surface area contributed by atoms with Gasteiger partial charge in [-0.15, -0.1) is 0 Å². The van der Waals surface area contributed by atoms with Crippen LogP contribution in [0.25, 0.3) is 0 Å². The molecular weight excluding hydrogens is 227 g/mol. The van der Waals surface area contributed by atoms with Crippen LogP contribution in [0.2, 0.25) is 0 Å². The molecular formula is C9H8F3NO3. The van der Waals surface area contributed by atoms with E-state index in [4.69, 9.17) is 5.11 Å². The van der Waals surface area contributed by atoms with Gasteiger partial charge in [-0.2, -0.15) is 13.2 Å². The van der Waals surface area contributed by atoms with Gasteiger partial charge in [-0.1, -0.05) is 0 Å². The van der Waals surface area contributed by atoms with Gasteiger partial charge in [0.15, 0.2) is 0 Å². The largest absolute Gasteiger partial charge is 0.416 e. The highest BCUT2D eigenvalue weighted by atomic mass is 19.4. The predicted octanol–water partition coefficient (Wildman–Crippen LogP) is 2.67. The van der Waals surface area contributed by atoms with Crippen molar-refractivity contribution in [2.45, 2.75) is 19.2 Å². The van der Waals surface area contributed by atoms with E-state index in [2.05, 4.69) is 0 Å². The van der Waals surface area contributed by atoms with E-state index in [0.29, 0.717) is 12.1 Å². The van der Waals surface area contributed by atoms with E-state index in [1.807, 2.05) is 0 Å². The van der Waals surface area contributed by atoms with Gasteiger partial charge in [0.2, 0.25) is 0 Å². The zero-order chi connectivity index (χ0) is 12.5. The topological polar surface area (TPSA) is 63.4 Å². The molecule has 0 aliphatic carbocycles. The Labute approximate surface area is 88.5 Å². The van der Waals surface area contributed by atoms with Crippen molar-refractivity contribution in [2.24, 2.45) is 0 Å². The summed E-state index contributed by atoms with van der Waals surface area (Å²) in [4.78, 5) is 9.59. The van der Waals surface area contributed by atoms with Crippen molar-refractivity contribution in [2.75, 3.05) is 0 Å². The average molecular weight is 235 g/mol. The van der Waals surface area contributed by atoms with Crippen LogP contribution >= 0.6 is 0 Å². The van der Waals surface area contributed by atoms with Gasteiger partial charge in [0, 0.05) is 6.07 Å². The first kappa shape index (κ1) is 12.4. The molecule has 4 nitrogen and oxygen atoms in total. The molecule has 0 fully saturated rings. The average Bonchev–Trinajstić information content (AvgIpc) is 2.15. The number of rotatable bonds is 2. The third-order valence-electron chi connectivity index (χ3n) is 2.00. The molecule has 0 radical (unpaired) electrons. The summed E-state index contributed by atoms with van der Waals surface area (Å²) in [5, 5.41) is 19.7. The van der Waals surface area contributed by atoms with Crippen LogP contribution in [0.1, 0.15) is 24.2 Å². The van der Waals surface area contributed by atoms with E-state index in [1.54, 1.807) is 0 Å². The van der Waals surface area contributed by atoms with E-state index < -0.39 is 28.5 Å². The second-order valence-corrected chi connectivity index (χ2v) is 3.20. The molecule has 0 amide bonds. The molecule has 0 aromatic heterocycles. The van der Waals surface area contributed by atoms with E-state index in [0.717, 1.165) is 6.07 Å². The van der Waals surface area contributed by atoms with Crippen LogP contribution in [0, 0.1) is 10.1 Å². The molecule has 0 heterocycles. The van der Waals surface area contributed by atoms with Gasteiger partial charge in [0.05, 0.1) is 22.2 Å². The summed E-state index contributed by atoms with van der Waals surface area (Å²) in [6.45, 7) is 1.25. The molecule has 16 heavy (non-hydrogen) atoms. The highest BCUT2D eigenvalue weighted by molar-refractivity contribution is 5.45. The van der Waals surface area contributed by atoms with Crippen LogP contribution in [0.5, 0.6) is 0 Å². The number of nitrogens with zero attached hydrogens (tertiary/aromatic N) is 1. The van der Waals surface area contributed by atoms with Crippen molar-refractivity contribution < 1.29 is 23.2 Å². The summed E-state index contributed by atoms with van der Waals surface area (Å²) in [5.41, 5.74) is -1.98. The first-order chi connectivity index (χ1) is 7.23. The van der Waals surface area contributed by atoms with Crippen LogP contribution in [0.15, 0.2) is 18.2 Å². The number of nitro benzene ring substituents is 1. The minimum atomic E-state index is -4.64. The molecule has 1 aromatic carbocycles. The van der Waals surface area contributed by atoms with Crippen molar-refractivity contribution >= 4 is 5.69 Å². The Bertz CT molecular complexity index is 415. The highest BCUT2D eigenvalue weighted by Crippen LogP contribution is 2.34. The number of nitro groups is 1. The molecule has 1 aromatic rings. The summed E-state index contributed by atoms with van der Waals surface area (Å²) in [7, 11) is 0. The Morgan fingerprint density at radius 3 is 2.38 bits per heavy atom. The Hall–Kier alpha value is -1.63. The molecule has 0 spiro atoms. The molecule has 0 aliphatic heterocycles. The Morgan fingerprint density at radius 2 is 2.00 bits per heavy atom. The zero-order valence-corrected chi connectivity index (χ0v) is 8.15. The van der Waals surface area contributed by atoms with Crippen LogP contribution in [0.3, 0.4) is 0 Å². The number of alkyl halides is 3. The zero-order valence-electron chi connectivity index (χ0n) is 8.15. The van der Waals surface area contributed by atoms with Gasteiger partial charge in [0.25, 0.3) is 5.69 Å². The third kappa shape index (κ3) is 2.48. The van der Waals surface area contributed by atoms with Crippen molar-refractivity contribution in [1.82, 2.24) is 0 Å². The Morgan fingerprint density at radius 1 is 1.44 bits per heavy atom. The minimum Gasteiger partial charge on any atom is -0.388 e. The lowest BCUT2D eigenvalue weighted by atomic mass is 10.1. The molecule has 7 heteroatoms. The van der Waals surface area contributed by atoms with Gasteiger partial charge in [-0.05, 0) is 19.1 Å². The SMILES string of the molecule is C[C@H](O)c1ccc(C(F)(F)F)cc1[N+](=O)[O-]. The smallest absolute Gasteiger partial charge is 0.388 e. The Kier molecular flexibility index (Phi) is 3.18. The van der Waals surface area contributed by atoms with Gasteiger partial charge in [-0.25, -0.2) is 0 Å². The number of aliphatic hydroxyl groups excluding tert-OH is 1. The number of halogens is 3. The van der Waals surface area contributed by atoms with Crippen LogP contribution < -0.4 is 0 Å². The predicted molar refractivity (Wildman–Crippen MR) is 48.7 cm³/mol. The maximum atomic E-state index is 12.3. The standard InChI is InChI=1S/C9H8F3NO3/c1-5(14)7-3-2-6(9(10,11)12)4-8(7)13(15)16/h2-5,14H,1H3/t5-/m0/s1. The quantitative estimate of drug-likeness (QED) is 0.633. The summed E-state index contributed by atoms with van der Waals surface area (Å²) < 4.78 is 36.8. The summed E-state index contributed by atoms with van der Waals surface area (Å²) in [6.07, 6.45) is -5.83. The normalized spacial score (nSPS) is 13.6. The molecule has 1 N–H and O–H groups in total. The second kappa shape index (κ2) is 4.09. The molecule has 0 saturated carbocycles. The maximum Gasteiger partial charge on any atom is 0.416 e. The van der Waals surface area contributed by atoms with Crippen LogP contribution in [0.4, 0.5) is 18.9 Å². The number of hydrogen-bond donors (Lipinski definition) is 1. The minimum absolute atomic E-state index is 0.141. The molecule has 0 saturated heterocycles. The van der Waals surface area contributed by atoms with Gasteiger partial charge >= 0.3 is 6.18 Å². The van der Waals surface area contributed by atoms with Gasteiger partial charge in [-0.3, -0.25) is 10.1 Å². The first-order valence-electron chi connectivity index (χ1n) is 4.27. The molecule has 88 valence electrons. The fraction of sp³-hybridized carbons (Fsp3) is 0.333. The summed E-state index contributed by atoms with van der Waals surface area (Å²) in [5.74, 6) is 0. The van der Waals surface area contributed by atoms with E-state index >= 15 is 0 Å². The van der Waals surface area contributed by atoms with E-state index in [9.17, 15) is 23.3 Å². The lowest BCUT2D eigenvalue weighted by molar-refractivity contribution is -0.386. The lowest BCUT2D eigenvalue weighted by Crippen LogP contribution is -2.07. The summed E-state index contributed by atoms with van der Waals surface area (Å²) in [6, 6.07) is 2.03. The molecule has 0 aliphatic rings. The highest BCUT2D eigenvalue weighted by Gasteiger charge is 2.33. The number of aliphatic hydroxyl groups is 1. The van der Waals surface area contributed by atoms with Crippen LogP contribution in [-0.4, -0.2) is 10.0 Å². The van der Waals surface area contributed by atoms with Crippen molar-refractivity contribution in [1.29, 1.82) is 0 Å². The van der Waals surface area contributed by atoms with Gasteiger partial charge in [0.1, 0.15) is 0 Å². The fourth-order valence-electron chi connectivity index (χ4n) is 1.23. The van der Waals surface area contributed by atoms with E-state index in [1.165, 1.54) is 6.92 Å². The fourth-order valence-corrected chi connectivity index (χ4v) is 1.23. The first-order valence-corrected chi connectivity index (χ1v) is 4.27. The maximum absolute atomic E-state index is 12.3. The van der Waals surface area contributed by atoms with Gasteiger partial charge < -0.3 is 5.11 Å². The second-order valence-electron chi connectivity index (χ2n) is 3.20. The van der Waals surface area contributed by atoms with Crippen molar-refractivity contribution in [3.63, 3.8) is 0 Å². The molecule has 0 bridgehead atoms. The summed E-state index contributed by atoms with van der Waals surface area (Å²) >= 11 is 0.